The van der Waals surface area contributed by atoms with Crippen LogP contribution in [0.15, 0.2) is 63.9 Å². The molecule has 42 heavy (non-hydrogen) atoms. The molecule has 222 valence electrons. The summed E-state index contributed by atoms with van der Waals surface area (Å²) in [5.41, 5.74) is 1.65. The summed E-state index contributed by atoms with van der Waals surface area (Å²) in [5.74, 6) is -0.183. The Kier molecular flexibility index (Phi) is 7.96. The maximum atomic E-state index is 13.6. The second-order valence-corrected chi connectivity index (χ2v) is 13.5. The highest BCUT2D eigenvalue weighted by atomic mass is 32.2. The molecule has 14 heteroatoms. The van der Waals surface area contributed by atoms with E-state index in [1.54, 1.807) is 30.3 Å². The number of aryl methyl sites for hydroxylation is 1. The third-order valence-corrected chi connectivity index (χ3v) is 10.0. The van der Waals surface area contributed by atoms with Crippen LogP contribution < -0.4 is 14.4 Å². The number of halogens is 1. The molecule has 0 aliphatic carbocycles. The van der Waals surface area contributed by atoms with Gasteiger partial charge in [-0.25, -0.2) is 26.0 Å². The number of benzene rings is 2. The van der Waals surface area contributed by atoms with E-state index in [9.17, 15) is 26.0 Å². The van der Waals surface area contributed by atoms with Crippen LogP contribution >= 0.6 is 0 Å². The number of rotatable bonds is 9. The summed E-state index contributed by atoms with van der Waals surface area (Å²) in [7, 11) is -6.13. The summed E-state index contributed by atoms with van der Waals surface area (Å²) >= 11 is 0. The molecule has 4 aromatic rings. The number of anilines is 1. The van der Waals surface area contributed by atoms with Crippen LogP contribution in [0.3, 0.4) is 0 Å². The Hall–Kier alpha value is -4.01. The Balaban J connectivity index is 1.50. The topological polar surface area (TPSA) is 139 Å². The summed E-state index contributed by atoms with van der Waals surface area (Å²) < 4.78 is 79.4. The molecule has 0 spiro atoms. The lowest BCUT2D eigenvalue weighted by Gasteiger charge is -2.24. The fourth-order valence-electron chi connectivity index (χ4n) is 4.87. The maximum Gasteiger partial charge on any atom is 0.412 e. The molecule has 5 rings (SSSR count). The van der Waals surface area contributed by atoms with Crippen molar-refractivity contribution in [3.63, 3.8) is 0 Å². The zero-order chi connectivity index (χ0) is 30.2. The molecule has 1 N–H and O–H groups in total. The third-order valence-electron chi connectivity index (χ3n) is 6.92. The standard InChI is InChI=1S/C28H29FN4O7S2/c1-4-18-16-22-25(40-28(34)30-2)24(19-10-12-21(29)13-11-19)39-27(22)31-26(18)33(41(3,35)36)15-7-14-32-17-20-8-5-6-9-23(20)42(32,37)38/h5-6,8-13,16H,4,7,14-15,17H2,1-3H3,(H,30,34). The van der Waals surface area contributed by atoms with E-state index in [1.165, 1.54) is 35.6 Å². The molecule has 0 saturated carbocycles. The molecule has 0 unspecified atom stereocenters. The summed E-state index contributed by atoms with van der Waals surface area (Å²) in [6.07, 6.45) is 0.858. The molecule has 3 heterocycles. The summed E-state index contributed by atoms with van der Waals surface area (Å²) in [4.78, 5) is 17.0. The molecule has 0 fully saturated rings. The number of sulfonamides is 2. The first kappa shape index (κ1) is 29.5. The van der Waals surface area contributed by atoms with Gasteiger partial charge in [-0.15, -0.1) is 0 Å². The van der Waals surface area contributed by atoms with Crippen LogP contribution in [0, 0.1) is 5.82 Å². The molecular weight excluding hydrogens is 587 g/mol. The number of nitrogens with one attached hydrogen (secondary N) is 1. The summed E-state index contributed by atoms with van der Waals surface area (Å²) in [6, 6.07) is 13.8. The van der Waals surface area contributed by atoms with Gasteiger partial charge in [0.05, 0.1) is 16.5 Å². The smallest absolute Gasteiger partial charge is 0.412 e. The molecule has 0 bridgehead atoms. The minimum atomic E-state index is -3.86. The van der Waals surface area contributed by atoms with Gasteiger partial charge in [-0.2, -0.15) is 9.29 Å². The maximum absolute atomic E-state index is 13.6. The van der Waals surface area contributed by atoms with Crippen LogP contribution in [0.4, 0.5) is 15.0 Å². The van der Waals surface area contributed by atoms with Gasteiger partial charge < -0.3 is 14.5 Å². The lowest BCUT2D eigenvalue weighted by atomic mass is 10.1. The Morgan fingerprint density at radius 2 is 1.90 bits per heavy atom. The predicted octanol–water partition coefficient (Wildman–Crippen LogP) is 4.28. The molecule has 1 aliphatic heterocycles. The highest BCUT2D eigenvalue weighted by Crippen LogP contribution is 2.42. The Labute approximate surface area is 243 Å². The van der Waals surface area contributed by atoms with Crippen molar-refractivity contribution in [3.8, 4) is 17.1 Å². The van der Waals surface area contributed by atoms with E-state index in [2.05, 4.69) is 10.3 Å². The van der Waals surface area contributed by atoms with E-state index >= 15 is 0 Å². The van der Waals surface area contributed by atoms with Crippen LogP contribution in [-0.2, 0) is 33.0 Å². The molecule has 0 radical (unpaired) electrons. The fourth-order valence-corrected chi connectivity index (χ4v) is 7.47. The number of hydrogen-bond acceptors (Lipinski definition) is 8. The Morgan fingerprint density at radius 3 is 2.55 bits per heavy atom. The van der Waals surface area contributed by atoms with E-state index in [0.717, 1.165) is 10.6 Å². The largest absolute Gasteiger partial charge is 0.434 e. The summed E-state index contributed by atoms with van der Waals surface area (Å²) in [6.45, 7) is 2.10. The number of fused-ring (bicyclic) bond motifs is 2. The number of carbonyl (C=O) groups excluding carboxylic acids is 1. The van der Waals surface area contributed by atoms with E-state index < -0.39 is 32.0 Å². The number of carbonyl (C=O) groups is 1. The van der Waals surface area contributed by atoms with Crippen molar-refractivity contribution in [2.45, 2.75) is 31.2 Å². The van der Waals surface area contributed by atoms with Gasteiger partial charge in [0.25, 0.3) is 0 Å². The van der Waals surface area contributed by atoms with Crippen LogP contribution in [0.2, 0.25) is 0 Å². The third kappa shape index (κ3) is 5.56. The fraction of sp³-hybridized carbons (Fsp3) is 0.286. The normalized spacial score (nSPS) is 14.6. The minimum Gasteiger partial charge on any atom is -0.434 e. The van der Waals surface area contributed by atoms with E-state index in [0.29, 0.717) is 28.5 Å². The quantitative estimate of drug-likeness (QED) is 0.294. The van der Waals surface area contributed by atoms with Gasteiger partial charge in [-0.3, -0.25) is 4.31 Å². The average Bonchev–Trinajstić information content (AvgIpc) is 3.43. The van der Waals surface area contributed by atoms with Crippen molar-refractivity contribution < 1.29 is 35.2 Å². The molecule has 1 aliphatic rings. The van der Waals surface area contributed by atoms with Crippen molar-refractivity contribution >= 4 is 43.1 Å². The first-order chi connectivity index (χ1) is 19.9. The number of amides is 1. The van der Waals surface area contributed by atoms with Crippen LogP contribution in [0.25, 0.3) is 22.4 Å². The van der Waals surface area contributed by atoms with Gasteiger partial charge in [-0.1, -0.05) is 25.1 Å². The van der Waals surface area contributed by atoms with Crippen molar-refractivity contribution in [2.24, 2.45) is 0 Å². The van der Waals surface area contributed by atoms with E-state index in [1.807, 2.05) is 6.92 Å². The van der Waals surface area contributed by atoms with E-state index in [-0.39, 0.29) is 54.0 Å². The van der Waals surface area contributed by atoms with Crippen LogP contribution in [0.1, 0.15) is 24.5 Å². The molecule has 11 nitrogen and oxygen atoms in total. The van der Waals surface area contributed by atoms with Crippen LogP contribution in [-0.4, -0.2) is 58.6 Å². The van der Waals surface area contributed by atoms with Crippen LogP contribution in [0.5, 0.6) is 5.75 Å². The molecular formula is C28H29FN4O7S2. The molecule has 2 aromatic heterocycles. The zero-order valence-electron chi connectivity index (χ0n) is 23.1. The summed E-state index contributed by atoms with van der Waals surface area (Å²) in [5, 5.41) is 2.70. The van der Waals surface area contributed by atoms with Crippen molar-refractivity contribution in [3.05, 3.63) is 71.5 Å². The molecule has 1 amide bonds. The van der Waals surface area contributed by atoms with Gasteiger partial charge in [0, 0.05) is 32.2 Å². The Bertz CT molecular complexity index is 1870. The van der Waals surface area contributed by atoms with Crippen molar-refractivity contribution in [1.29, 1.82) is 0 Å². The number of nitrogens with zero attached hydrogens (tertiary/aromatic N) is 3. The number of ether oxygens (including phenoxy) is 1. The first-order valence-electron chi connectivity index (χ1n) is 13.1. The highest BCUT2D eigenvalue weighted by Gasteiger charge is 2.34. The van der Waals surface area contributed by atoms with Crippen molar-refractivity contribution in [1.82, 2.24) is 14.6 Å². The van der Waals surface area contributed by atoms with Gasteiger partial charge >= 0.3 is 6.09 Å². The van der Waals surface area contributed by atoms with Crippen molar-refractivity contribution in [2.75, 3.05) is 30.7 Å². The molecule has 0 saturated heterocycles. The highest BCUT2D eigenvalue weighted by molar-refractivity contribution is 7.92. The number of pyridine rings is 1. The van der Waals surface area contributed by atoms with Gasteiger partial charge in [0.15, 0.2) is 11.5 Å². The first-order valence-corrected chi connectivity index (χ1v) is 16.4. The Morgan fingerprint density at radius 1 is 1.19 bits per heavy atom. The van der Waals surface area contributed by atoms with E-state index in [4.69, 9.17) is 9.15 Å². The monoisotopic (exact) mass is 616 g/mol. The lowest BCUT2D eigenvalue weighted by molar-refractivity contribution is 0.203. The van der Waals surface area contributed by atoms with Gasteiger partial charge in [-0.05, 0) is 60.4 Å². The predicted molar refractivity (Wildman–Crippen MR) is 155 cm³/mol. The van der Waals surface area contributed by atoms with Gasteiger partial charge in [0.1, 0.15) is 11.6 Å². The number of aromatic nitrogens is 1. The number of hydrogen-bond donors (Lipinski definition) is 1. The lowest BCUT2D eigenvalue weighted by Crippen LogP contribution is -2.35. The number of furan rings is 1. The second-order valence-electron chi connectivity index (χ2n) is 9.72. The zero-order valence-corrected chi connectivity index (χ0v) is 24.8. The average molecular weight is 617 g/mol. The molecule has 0 atom stereocenters. The SMILES string of the molecule is CCc1cc2c(OC(=O)NC)c(-c3ccc(F)cc3)oc2nc1N(CCCN1Cc2ccccc2S1(=O)=O)S(C)(=O)=O. The molecule has 2 aromatic carbocycles. The second kappa shape index (κ2) is 11.3. The minimum absolute atomic E-state index is 0.00616. The van der Waals surface area contributed by atoms with Gasteiger partial charge in [0.2, 0.25) is 25.8 Å².